The van der Waals surface area contributed by atoms with E-state index in [0.717, 1.165) is 0 Å². The van der Waals surface area contributed by atoms with Gasteiger partial charge in [-0.3, -0.25) is 0 Å². The second-order valence-corrected chi connectivity index (χ2v) is 4.97. The third-order valence-electron chi connectivity index (χ3n) is 3.66. The molecule has 3 unspecified atom stereocenters. The number of hydrogen-bond acceptors (Lipinski definition) is 3. The van der Waals surface area contributed by atoms with Crippen molar-refractivity contribution in [2.24, 2.45) is 5.73 Å². The van der Waals surface area contributed by atoms with Crippen molar-refractivity contribution < 1.29 is 0 Å². The van der Waals surface area contributed by atoms with Crippen molar-refractivity contribution in [1.82, 2.24) is 10.2 Å². The molecule has 1 aliphatic carbocycles. The minimum atomic E-state index is 0.398. The Balaban J connectivity index is 1.78. The Morgan fingerprint density at radius 1 is 1.21 bits per heavy atom. The monoisotopic (exact) mass is 197 g/mol. The second kappa shape index (κ2) is 4.60. The van der Waals surface area contributed by atoms with Gasteiger partial charge >= 0.3 is 0 Å². The normalized spacial score (nSPS) is 40.3. The van der Waals surface area contributed by atoms with E-state index < -0.39 is 0 Å². The van der Waals surface area contributed by atoms with Crippen LogP contribution in [-0.2, 0) is 0 Å². The Morgan fingerprint density at radius 3 is 2.64 bits per heavy atom. The summed E-state index contributed by atoms with van der Waals surface area (Å²) in [4.78, 5) is 2.39. The molecule has 0 spiro atoms. The van der Waals surface area contributed by atoms with E-state index in [4.69, 9.17) is 5.73 Å². The van der Waals surface area contributed by atoms with Crippen molar-refractivity contribution in [2.45, 2.75) is 50.2 Å². The first kappa shape index (κ1) is 10.4. The van der Waals surface area contributed by atoms with Crippen LogP contribution in [0.3, 0.4) is 0 Å². The molecule has 1 saturated carbocycles. The van der Waals surface area contributed by atoms with Crippen LogP contribution >= 0.6 is 0 Å². The summed E-state index contributed by atoms with van der Waals surface area (Å²) < 4.78 is 0. The average Bonchev–Trinajstić information content (AvgIpc) is 2.56. The molecule has 1 saturated heterocycles. The molecule has 0 bridgehead atoms. The summed E-state index contributed by atoms with van der Waals surface area (Å²) in [7, 11) is 2.20. The van der Waals surface area contributed by atoms with Gasteiger partial charge in [0.05, 0.1) is 0 Å². The van der Waals surface area contributed by atoms with Crippen molar-refractivity contribution in [1.29, 1.82) is 0 Å². The van der Waals surface area contributed by atoms with Crippen molar-refractivity contribution in [3.63, 3.8) is 0 Å². The van der Waals surface area contributed by atoms with Gasteiger partial charge < -0.3 is 16.0 Å². The van der Waals surface area contributed by atoms with E-state index in [1.807, 2.05) is 0 Å². The molecule has 2 fully saturated rings. The van der Waals surface area contributed by atoms with Gasteiger partial charge in [-0.15, -0.1) is 0 Å². The molecule has 1 heterocycles. The van der Waals surface area contributed by atoms with Crippen LogP contribution in [0.5, 0.6) is 0 Å². The van der Waals surface area contributed by atoms with Crippen LogP contribution < -0.4 is 11.1 Å². The van der Waals surface area contributed by atoms with Gasteiger partial charge in [0.2, 0.25) is 0 Å². The summed E-state index contributed by atoms with van der Waals surface area (Å²) in [6.45, 7) is 2.43. The Labute approximate surface area is 87.0 Å². The maximum absolute atomic E-state index is 6.12. The molecule has 3 nitrogen and oxygen atoms in total. The number of rotatable bonds is 2. The lowest BCUT2D eigenvalue weighted by Gasteiger charge is -2.31. The maximum Gasteiger partial charge on any atom is 0.0222 e. The molecule has 3 N–H and O–H groups in total. The minimum Gasteiger partial charge on any atom is -0.326 e. The van der Waals surface area contributed by atoms with Gasteiger partial charge in [-0.05, 0) is 32.9 Å². The third kappa shape index (κ3) is 2.47. The van der Waals surface area contributed by atoms with Crippen LogP contribution in [0.25, 0.3) is 0 Å². The minimum absolute atomic E-state index is 0.398. The molecule has 0 amide bonds. The summed E-state index contributed by atoms with van der Waals surface area (Å²) in [5.74, 6) is 0. The zero-order valence-electron chi connectivity index (χ0n) is 9.21. The molecule has 0 aromatic carbocycles. The Hall–Kier alpha value is -0.120. The van der Waals surface area contributed by atoms with E-state index >= 15 is 0 Å². The largest absolute Gasteiger partial charge is 0.326 e. The van der Waals surface area contributed by atoms with E-state index in [1.165, 1.54) is 45.2 Å². The standard InChI is InChI=1S/C11H23N3/c1-14-7-6-9(8-14)13-11-5-3-2-4-10(11)12/h9-11,13H,2-8,12H2,1H3. The molecule has 0 aromatic heterocycles. The molecule has 3 heteroatoms. The molecule has 0 radical (unpaired) electrons. The van der Waals surface area contributed by atoms with E-state index in [1.54, 1.807) is 0 Å². The number of likely N-dealkylation sites (N-methyl/N-ethyl adjacent to an activating group) is 1. The molecule has 1 aliphatic heterocycles. The Kier molecular flexibility index (Phi) is 3.42. The SMILES string of the molecule is CN1CCC(NC2CCCCC2N)C1. The molecule has 14 heavy (non-hydrogen) atoms. The topological polar surface area (TPSA) is 41.3 Å². The van der Waals surface area contributed by atoms with Crippen LogP contribution in [-0.4, -0.2) is 43.2 Å². The second-order valence-electron chi connectivity index (χ2n) is 4.97. The first-order valence-corrected chi connectivity index (χ1v) is 5.96. The molecule has 82 valence electrons. The Bertz CT molecular complexity index is 183. The predicted molar refractivity (Wildman–Crippen MR) is 59.3 cm³/mol. The van der Waals surface area contributed by atoms with Crippen molar-refractivity contribution in [3.05, 3.63) is 0 Å². The highest BCUT2D eigenvalue weighted by molar-refractivity contribution is 4.89. The number of nitrogens with two attached hydrogens (primary N) is 1. The Morgan fingerprint density at radius 2 is 2.00 bits per heavy atom. The van der Waals surface area contributed by atoms with Gasteiger partial charge in [-0.1, -0.05) is 12.8 Å². The van der Waals surface area contributed by atoms with Gasteiger partial charge in [0.15, 0.2) is 0 Å². The van der Waals surface area contributed by atoms with E-state index in [2.05, 4.69) is 17.3 Å². The molecule has 2 rings (SSSR count). The zero-order valence-corrected chi connectivity index (χ0v) is 9.21. The van der Waals surface area contributed by atoms with Crippen LogP contribution in [0.4, 0.5) is 0 Å². The summed E-state index contributed by atoms with van der Waals surface area (Å²) in [6.07, 6.45) is 6.46. The van der Waals surface area contributed by atoms with Gasteiger partial charge in [-0.2, -0.15) is 0 Å². The fraction of sp³-hybridized carbons (Fsp3) is 1.00. The zero-order chi connectivity index (χ0) is 9.97. The fourth-order valence-corrected chi connectivity index (χ4v) is 2.74. The van der Waals surface area contributed by atoms with Gasteiger partial charge in [0.25, 0.3) is 0 Å². The van der Waals surface area contributed by atoms with Crippen LogP contribution in [0.15, 0.2) is 0 Å². The number of likely N-dealkylation sites (tertiary alicyclic amines) is 1. The lowest BCUT2D eigenvalue weighted by Crippen LogP contribution is -2.51. The lowest BCUT2D eigenvalue weighted by molar-refractivity contribution is 0.295. The van der Waals surface area contributed by atoms with Crippen LogP contribution in [0.2, 0.25) is 0 Å². The highest BCUT2D eigenvalue weighted by atomic mass is 15.2. The number of nitrogens with one attached hydrogen (secondary N) is 1. The van der Waals surface area contributed by atoms with E-state index in [-0.39, 0.29) is 0 Å². The van der Waals surface area contributed by atoms with E-state index in [9.17, 15) is 0 Å². The van der Waals surface area contributed by atoms with Crippen molar-refractivity contribution in [3.8, 4) is 0 Å². The van der Waals surface area contributed by atoms with Crippen molar-refractivity contribution >= 4 is 0 Å². The summed E-state index contributed by atoms with van der Waals surface area (Å²) >= 11 is 0. The predicted octanol–water partition coefficient (Wildman–Crippen LogP) is 0.550. The van der Waals surface area contributed by atoms with Gasteiger partial charge in [-0.25, -0.2) is 0 Å². The van der Waals surface area contributed by atoms with Gasteiger partial charge in [0, 0.05) is 24.7 Å². The molecular weight excluding hydrogens is 174 g/mol. The maximum atomic E-state index is 6.12. The summed E-state index contributed by atoms with van der Waals surface area (Å²) in [5.41, 5.74) is 6.12. The number of nitrogens with zero attached hydrogens (tertiary/aromatic N) is 1. The average molecular weight is 197 g/mol. The van der Waals surface area contributed by atoms with Gasteiger partial charge in [0.1, 0.15) is 0 Å². The highest BCUT2D eigenvalue weighted by Crippen LogP contribution is 2.18. The number of hydrogen-bond donors (Lipinski definition) is 2. The molecule has 0 aromatic rings. The lowest BCUT2D eigenvalue weighted by atomic mass is 9.90. The smallest absolute Gasteiger partial charge is 0.0222 e. The van der Waals surface area contributed by atoms with Crippen molar-refractivity contribution in [2.75, 3.05) is 20.1 Å². The van der Waals surface area contributed by atoms with Crippen LogP contribution in [0, 0.1) is 0 Å². The quantitative estimate of drug-likeness (QED) is 0.679. The first-order valence-electron chi connectivity index (χ1n) is 5.96. The summed E-state index contributed by atoms with van der Waals surface area (Å²) in [5, 5.41) is 3.73. The highest BCUT2D eigenvalue weighted by Gasteiger charge is 2.26. The summed E-state index contributed by atoms with van der Waals surface area (Å²) in [6, 6.07) is 1.67. The van der Waals surface area contributed by atoms with Crippen LogP contribution in [0.1, 0.15) is 32.1 Å². The third-order valence-corrected chi connectivity index (χ3v) is 3.66. The fourth-order valence-electron chi connectivity index (χ4n) is 2.74. The molecular formula is C11H23N3. The van der Waals surface area contributed by atoms with E-state index in [0.29, 0.717) is 18.1 Å². The first-order chi connectivity index (χ1) is 6.75. The molecule has 3 atom stereocenters. The molecule has 2 aliphatic rings.